The highest BCUT2D eigenvalue weighted by molar-refractivity contribution is 9.11. The minimum atomic E-state index is 0.792. The molecule has 0 heterocycles. The monoisotopic (exact) mass is 524 g/mol. The Balaban J connectivity index is 0.000000141. The summed E-state index contributed by atoms with van der Waals surface area (Å²) in [5, 5.41) is 5.53. The molecule has 0 spiro atoms. The summed E-state index contributed by atoms with van der Waals surface area (Å²) >= 11 is 16.5. The SMILES string of the molecule is Brc1cccc2cccc(Br)c12.Clc1cccc2cccc(Br)c12. The lowest BCUT2D eigenvalue weighted by molar-refractivity contribution is 1.68. The Kier molecular flexibility index (Phi) is 5.98. The van der Waals surface area contributed by atoms with Crippen LogP contribution in [-0.2, 0) is 0 Å². The van der Waals surface area contributed by atoms with Crippen molar-refractivity contribution in [3.8, 4) is 0 Å². The summed E-state index contributed by atoms with van der Waals surface area (Å²) in [7, 11) is 0. The first-order valence-corrected chi connectivity index (χ1v) is 9.99. The predicted molar refractivity (Wildman–Crippen MR) is 116 cm³/mol. The van der Waals surface area contributed by atoms with Crippen LogP contribution in [0, 0.1) is 0 Å². The van der Waals surface area contributed by atoms with Gasteiger partial charge in [-0.05, 0) is 35.0 Å². The highest BCUT2D eigenvalue weighted by Crippen LogP contribution is 2.31. The van der Waals surface area contributed by atoms with Gasteiger partial charge in [-0.3, -0.25) is 0 Å². The van der Waals surface area contributed by atoms with E-state index in [1.807, 2.05) is 60.7 Å². The van der Waals surface area contributed by atoms with E-state index in [-0.39, 0.29) is 0 Å². The lowest BCUT2D eigenvalue weighted by atomic mass is 10.1. The van der Waals surface area contributed by atoms with Gasteiger partial charge in [0, 0.05) is 29.2 Å². The van der Waals surface area contributed by atoms with Gasteiger partial charge in [0.25, 0.3) is 0 Å². The van der Waals surface area contributed by atoms with Crippen LogP contribution in [0.25, 0.3) is 21.5 Å². The third kappa shape index (κ3) is 3.85. The molecule has 0 aliphatic carbocycles. The molecule has 0 aliphatic heterocycles. The summed E-state index contributed by atoms with van der Waals surface area (Å²) in [6.07, 6.45) is 0. The van der Waals surface area contributed by atoms with Crippen LogP contribution in [-0.4, -0.2) is 0 Å². The molecule has 0 aliphatic rings. The van der Waals surface area contributed by atoms with Crippen molar-refractivity contribution >= 4 is 80.9 Å². The molecular formula is C20H12Br3Cl. The maximum absolute atomic E-state index is 6.03. The first-order valence-electron chi connectivity index (χ1n) is 7.23. The summed E-state index contributed by atoms with van der Waals surface area (Å²) in [6, 6.07) is 24.3. The van der Waals surface area contributed by atoms with Crippen LogP contribution in [0.5, 0.6) is 0 Å². The van der Waals surface area contributed by atoms with E-state index < -0.39 is 0 Å². The Morgan fingerprint density at radius 1 is 0.500 bits per heavy atom. The molecule has 4 heteroatoms. The van der Waals surface area contributed by atoms with Crippen LogP contribution in [0.3, 0.4) is 0 Å². The average Bonchev–Trinajstić information content (AvgIpc) is 2.56. The Morgan fingerprint density at radius 2 is 0.875 bits per heavy atom. The summed E-state index contributed by atoms with van der Waals surface area (Å²) in [4.78, 5) is 0. The topological polar surface area (TPSA) is 0 Å². The smallest absolute Gasteiger partial charge is 0.0495 e. The fraction of sp³-hybridized carbons (Fsp3) is 0. The molecule has 0 N–H and O–H groups in total. The lowest BCUT2D eigenvalue weighted by Crippen LogP contribution is -1.74. The van der Waals surface area contributed by atoms with E-state index in [1.165, 1.54) is 10.8 Å². The molecule has 0 radical (unpaired) electrons. The normalized spacial score (nSPS) is 10.5. The molecule has 4 aromatic carbocycles. The standard InChI is InChI=1S/C10H6Br2.C10H6BrCl/c2*11-8-5-1-3-7-4-2-6-9(12)10(7)8/h2*1-6H. The van der Waals surface area contributed by atoms with Gasteiger partial charge >= 0.3 is 0 Å². The first-order chi connectivity index (χ1) is 11.6. The van der Waals surface area contributed by atoms with E-state index in [0.717, 1.165) is 29.2 Å². The van der Waals surface area contributed by atoms with Gasteiger partial charge in [0.15, 0.2) is 0 Å². The van der Waals surface area contributed by atoms with Gasteiger partial charge in [0.05, 0.1) is 0 Å². The van der Waals surface area contributed by atoms with Crippen molar-refractivity contribution in [1.82, 2.24) is 0 Å². The maximum Gasteiger partial charge on any atom is 0.0495 e. The third-order valence-corrected chi connectivity index (χ3v) is 5.90. The molecule has 0 atom stereocenters. The van der Waals surface area contributed by atoms with Gasteiger partial charge in [-0.15, -0.1) is 0 Å². The minimum absolute atomic E-state index is 0.792. The number of halogens is 4. The fourth-order valence-electron chi connectivity index (χ4n) is 2.50. The summed E-state index contributed by atoms with van der Waals surface area (Å²) in [5.74, 6) is 0. The Morgan fingerprint density at radius 3 is 1.29 bits per heavy atom. The highest BCUT2D eigenvalue weighted by Gasteiger charge is 2.01. The van der Waals surface area contributed by atoms with Crippen molar-refractivity contribution in [2.24, 2.45) is 0 Å². The van der Waals surface area contributed by atoms with Crippen LogP contribution in [0.2, 0.25) is 5.02 Å². The number of hydrogen-bond donors (Lipinski definition) is 0. The Labute approximate surface area is 171 Å². The molecule has 0 bridgehead atoms. The van der Waals surface area contributed by atoms with Gasteiger partial charge in [0.2, 0.25) is 0 Å². The molecule has 0 saturated carbocycles. The molecule has 0 unspecified atom stereocenters. The number of hydrogen-bond acceptors (Lipinski definition) is 0. The van der Waals surface area contributed by atoms with E-state index >= 15 is 0 Å². The Bertz CT molecular complexity index is 855. The molecule has 120 valence electrons. The van der Waals surface area contributed by atoms with E-state index in [4.69, 9.17) is 11.6 Å². The van der Waals surface area contributed by atoms with Crippen molar-refractivity contribution in [3.05, 3.63) is 91.2 Å². The third-order valence-electron chi connectivity index (χ3n) is 3.61. The summed E-state index contributed by atoms with van der Waals surface area (Å²) in [5.41, 5.74) is 0. The van der Waals surface area contributed by atoms with E-state index in [9.17, 15) is 0 Å². The van der Waals surface area contributed by atoms with Crippen LogP contribution in [0.4, 0.5) is 0 Å². The van der Waals surface area contributed by atoms with E-state index in [0.29, 0.717) is 0 Å². The zero-order valence-corrected chi connectivity index (χ0v) is 18.0. The van der Waals surface area contributed by atoms with Crippen LogP contribution < -0.4 is 0 Å². The number of rotatable bonds is 0. The minimum Gasteiger partial charge on any atom is -0.0836 e. The molecular weight excluding hydrogens is 515 g/mol. The van der Waals surface area contributed by atoms with Crippen molar-refractivity contribution in [3.63, 3.8) is 0 Å². The highest BCUT2D eigenvalue weighted by atomic mass is 79.9. The van der Waals surface area contributed by atoms with Crippen molar-refractivity contribution < 1.29 is 0 Å². The lowest BCUT2D eigenvalue weighted by Gasteiger charge is -2.01. The second-order valence-corrected chi connectivity index (χ2v) is 8.13. The van der Waals surface area contributed by atoms with Crippen LogP contribution >= 0.6 is 59.4 Å². The number of fused-ring (bicyclic) bond motifs is 2. The quantitative estimate of drug-likeness (QED) is 0.215. The maximum atomic E-state index is 6.03. The van der Waals surface area contributed by atoms with Crippen LogP contribution in [0.1, 0.15) is 0 Å². The predicted octanol–water partition coefficient (Wildman–Crippen LogP) is 8.62. The second-order valence-electron chi connectivity index (χ2n) is 5.16. The largest absolute Gasteiger partial charge is 0.0836 e. The van der Waals surface area contributed by atoms with Gasteiger partial charge < -0.3 is 0 Å². The molecule has 0 saturated heterocycles. The molecule has 0 aromatic heterocycles. The second kappa shape index (κ2) is 8.01. The molecule has 0 fully saturated rings. The van der Waals surface area contributed by atoms with E-state index in [2.05, 4.69) is 59.9 Å². The zero-order valence-electron chi connectivity index (χ0n) is 12.4. The average molecular weight is 527 g/mol. The molecule has 0 nitrogen and oxygen atoms in total. The van der Waals surface area contributed by atoms with E-state index in [1.54, 1.807) is 0 Å². The number of benzene rings is 4. The zero-order chi connectivity index (χ0) is 17.1. The molecule has 0 amide bonds. The first kappa shape index (κ1) is 17.9. The summed E-state index contributed by atoms with van der Waals surface area (Å²) < 4.78 is 3.31. The fourth-order valence-corrected chi connectivity index (χ4v) is 4.95. The molecule has 24 heavy (non-hydrogen) atoms. The molecule has 4 aromatic rings. The van der Waals surface area contributed by atoms with Crippen molar-refractivity contribution in [2.45, 2.75) is 0 Å². The Hall–Kier alpha value is -0.870. The summed E-state index contributed by atoms with van der Waals surface area (Å²) in [6.45, 7) is 0. The van der Waals surface area contributed by atoms with Crippen molar-refractivity contribution in [1.29, 1.82) is 0 Å². The molecule has 4 rings (SSSR count). The van der Waals surface area contributed by atoms with Gasteiger partial charge in [-0.1, -0.05) is 108 Å². The van der Waals surface area contributed by atoms with Crippen molar-refractivity contribution in [2.75, 3.05) is 0 Å². The van der Waals surface area contributed by atoms with Crippen LogP contribution in [0.15, 0.2) is 86.2 Å². The van der Waals surface area contributed by atoms with Gasteiger partial charge in [-0.2, -0.15) is 0 Å². The van der Waals surface area contributed by atoms with Gasteiger partial charge in [0.1, 0.15) is 0 Å². The van der Waals surface area contributed by atoms with Gasteiger partial charge in [-0.25, -0.2) is 0 Å².